The van der Waals surface area contributed by atoms with Crippen LogP contribution in [0, 0.1) is 0 Å². The molecule has 0 aliphatic carbocycles. The van der Waals surface area contributed by atoms with Crippen molar-refractivity contribution in [2.45, 2.75) is 18.9 Å². The molecule has 9 nitrogen and oxygen atoms in total. The molecule has 28 heavy (non-hydrogen) atoms. The molecule has 1 aliphatic heterocycles. The zero-order valence-corrected chi connectivity index (χ0v) is 14.9. The van der Waals surface area contributed by atoms with Gasteiger partial charge in [0.1, 0.15) is 11.9 Å². The van der Waals surface area contributed by atoms with Gasteiger partial charge < -0.3 is 16.0 Å². The summed E-state index contributed by atoms with van der Waals surface area (Å²) in [5.74, 6) is -0.411. The van der Waals surface area contributed by atoms with Gasteiger partial charge in [0.25, 0.3) is 5.91 Å². The topological polar surface area (TPSA) is 117 Å². The van der Waals surface area contributed by atoms with Crippen molar-refractivity contribution >= 4 is 29.1 Å². The van der Waals surface area contributed by atoms with Gasteiger partial charge in [0.05, 0.1) is 17.7 Å². The second-order valence-electron chi connectivity index (χ2n) is 6.41. The number of rotatable bonds is 5. The fraction of sp³-hybridized carbons (Fsp3) is 0.211. The van der Waals surface area contributed by atoms with Crippen LogP contribution in [-0.4, -0.2) is 44.9 Å². The Bertz CT molecular complexity index is 1060. The van der Waals surface area contributed by atoms with Crippen LogP contribution >= 0.6 is 0 Å². The molecule has 3 amide bonds. The number of hydrogen-bond acceptors (Lipinski definition) is 5. The van der Waals surface area contributed by atoms with Crippen molar-refractivity contribution in [3.05, 3.63) is 60.0 Å². The largest absolute Gasteiger partial charge is 0.356 e. The van der Waals surface area contributed by atoms with E-state index in [4.69, 9.17) is 0 Å². The average molecular weight is 378 g/mol. The van der Waals surface area contributed by atoms with E-state index >= 15 is 0 Å². The number of carbonyl (C=O) groups excluding carboxylic acids is 3. The molecule has 1 atom stereocenters. The van der Waals surface area contributed by atoms with Gasteiger partial charge in [0.2, 0.25) is 11.8 Å². The highest BCUT2D eigenvalue weighted by molar-refractivity contribution is 6.10. The quantitative estimate of drug-likeness (QED) is 0.599. The number of amides is 3. The number of para-hydroxylation sites is 1. The maximum absolute atomic E-state index is 12.3. The van der Waals surface area contributed by atoms with Gasteiger partial charge in [-0.3, -0.25) is 18.8 Å². The van der Waals surface area contributed by atoms with Gasteiger partial charge in [0.15, 0.2) is 5.65 Å². The summed E-state index contributed by atoms with van der Waals surface area (Å²) < 4.78 is 1.85. The van der Waals surface area contributed by atoms with Crippen molar-refractivity contribution < 1.29 is 14.4 Å². The molecule has 1 aromatic carbocycles. The summed E-state index contributed by atoms with van der Waals surface area (Å²) >= 11 is 0. The predicted molar refractivity (Wildman–Crippen MR) is 101 cm³/mol. The van der Waals surface area contributed by atoms with Gasteiger partial charge in [-0.15, -0.1) is 10.2 Å². The molecule has 2 aromatic heterocycles. The minimum atomic E-state index is -0.936. The summed E-state index contributed by atoms with van der Waals surface area (Å²) in [6.07, 6.45) is 2.20. The highest BCUT2D eigenvalue weighted by Gasteiger charge is 2.29. The third-order valence-electron chi connectivity index (χ3n) is 4.50. The van der Waals surface area contributed by atoms with E-state index in [0.717, 1.165) is 11.5 Å². The van der Waals surface area contributed by atoms with Crippen molar-refractivity contribution in [1.82, 2.24) is 25.2 Å². The van der Waals surface area contributed by atoms with E-state index < -0.39 is 11.9 Å². The Hall–Kier alpha value is -3.75. The highest BCUT2D eigenvalue weighted by atomic mass is 16.2. The minimum absolute atomic E-state index is 0.147. The van der Waals surface area contributed by atoms with Crippen molar-refractivity contribution in [2.75, 3.05) is 11.9 Å². The van der Waals surface area contributed by atoms with Gasteiger partial charge >= 0.3 is 0 Å². The van der Waals surface area contributed by atoms with Crippen molar-refractivity contribution in [2.24, 2.45) is 0 Å². The second-order valence-corrected chi connectivity index (χ2v) is 6.41. The standard InChI is InChI=1S/C19H18N6O3/c26-17(20-9-8-16-24-23-15-7-3-4-10-25(15)16)11-14-19(28)21-13-6-2-1-5-12(13)18(27)22-14/h1-7,10,14H,8-9,11H2,(H,20,26)(H,21,28)(H,22,27). The number of benzene rings is 1. The molecule has 0 saturated carbocycles. The van der Waals surface area contributed by atoms with Crippen molar-refractivity contribution in [1.29, 1.82) is 0 Å². The number of fused-ring (bicyclic) bond motifs is 2. The lowest BCUT2D eigenvalue weighted by molar-refractivity contribution is -0.125. The smallest absolute Gasteiger partial charge is 0.254 e. The van der Waals surface area contributed by atoms with E-state index in [1.165, 1.54) is 0 Å². The van der Waals surface area contributed by atoms with E-state index in [2.05, 4.69) is 26.1 Å². The molecule has 9 heteroatoms. The molecule has 1 aliphatic rings. The van der Waals surface area contributed by atoms with E-state index in [0.29, 0.717) is 24.2 Å². The van der Waals surface area contributed by atoms with Gasteiger partial charge in [-0.1, -0.05) is 18.2 Å². The van der Waals surface area contributed by atoms with E-state index in [9.17, 15) is 14.4 Å². The van der Waals surface area contributed by atoms with Crippen LogP contribution in [0.25, 0.3) is 5.65 Å². The van der Waals surface area contributed by atoms with E-state index in [1.54, 1.807) is 24.3 Å². The molecule has 0 bridgehead atoms. The van der Waals surface area contributed by atoms with Gasteiger partial charge in [0, 0.05) is 19.2 Å². The summed E-state index contributed by atoms with van der Waals surface area (Å²) in [6, 6.07) is 11.4. The molecule has 142 valence electrons. The summed E-state index contributed by atoms with van der Waals surface area (Å²) in [5, 5.41) is 16.2. The van der Waals surface area contributed by atoms with Gasteiger partial charge in [-0.05, 0) is 24.3 Å². The number of carbonyl (C=O) groups is 3. The lowest BCUT2D eigenvalue weighted by Gasteiger charge is -2.14. The van der Waals surface area contributed by atoms with Crippen LogP contribution in [0.15, 0.2) is 48.7 Å². The van der Waals surface area contributed by atoms with Crippen molar-refractivity contribution in [3.63, 3.8) is 0 Å². The molecule has 0 spiro atoms. The molecule has 0 radical (unpaired) electrons. The third-order valence-corrected chi connectivity index (χ3v) is 4.50. The maximum Gasteiger partial charge on any atom is 0.254 e. The highest BCUT2D eigenvalue weighted by Crippen LogP contribution is 2.18. The average Bonchev–Trinajstić information content (AvgIpc) is 3.06. The second kappa shape index (κ2) is 7.47. The van der Waals surface area contributed by atoms with E-state index in [1.807, 2.05) is 28.8 Å². The van der Waals surface area contributed by atoms with Crippen LogP contribution < -0.4 is 16.0 Å². The number of anilines is 1. The summed E-state index contributed by atoms with van der Waals surface area (Å²) in [5.41, 5.74) is 1.55. The molecule has 3 aromatic rings. The molecule has 1 unspecified atom stereocenters. The van der Waals surface area contributed by atoms with Crippen LogP contribution in [0.3, 0.4) is 0 Å². The van der Waals surface area contributed by atoms with Crippen LogP contribution in [0.2, 0.25) is 0 Å². The van der Waals surface area contributed by atoms with Crippen LogP contribution in [0.1, 0.15) is 22.6 Å². The van der Waals surface area contributed by atoms with Crippen LogP contribution in [-0.2, 0) is 16.0 Å². The van der Waals surface area contributed by atoms with Crippen LogP contribution in [0.5, 0.6) is 0 Å². The first-order valence-electron chi connectivity index (χ1n) is 8.88. The normalized spacial score (nSPS) is 16.1. The van der Waals surface area contributed by atoms with Crippen molar-refractivity contribution in [3.8, 4) is 0 Å². The summed E-state index contributed by atoms with van der Waals surface area (Å²) in [6.45, 7) is 0.344. The number of nitrogens with zero attached hydrogens (tertiary/aromatic N) is 3. The van der Waals surface area contributed by atoms with Crippen LogP contribution in [0.4, 0.5) is 5.69 Å². The number of nitrogens with one attached hydrogen (secondary N) is 3. The Morgan fingerprint density at radius 3 is 2.82 bits per heavy atom. The Labute approximate surface area is 160 Å². The first-order chi connectivity index (χ1) is 13.6. The molecule has 0 saturated heterocycles. The lowest BCUT2D eigenvalue weighted by atomic mass is 10.1. The summed E-state index contributed by atoms with van der Waals surface area (Å²) in [4.78, 5) is 36.9. The zero-order chi connectivity index (χ0) is 19.5. The number of pyridine rings is 1. The first kappa shape index (κ1) is 17.7. The third kappa shape index (κ3) is 3.54. The van der Waals surface area contributed by atoms with E-state index in [-0.39, 0.29) is 18.2 Å². The number of hydrogen-bond donors (Lipinski definition) is 3. The number of aromatic nitrogens is 3. The lowest BCUT2D eigenvalue weighted by Crippen LogP contribution is -2.44. The summed E-state index contributed by atoms with van der Waals surface area (Å²) in [7, 11) is 0. The van der Waals surface area contributed by atoms with Gasteiger partial charge in [-0.2, -0.15) is 0 Å². The predicted octanol–water partition coefficient (Wildman–Crippen LogP) is 0.529. The van der Waals surface area contributed by atoms with Gasteiger partial charge in [-0.25, -0.2) is 0 Å². The Balaban J connectivity index is 1.34. The zero-order valence-electron chi connectivity index (χ0n) is 14.9. The maximum atomic E-state index is 12.3. The minimum Gasteiger partial charge on any atom is -0.356 e. The molecule has 4 rings (SSSR count). The fourth-order valence-electron chi connectivity index (χ4n) is 3.09. The Kier molecular flexibility index (Phi) is 4.71. The SMILES string of the molecule is O=C(CC1NC(=O)c2ccccc2NC1=O)NCCc1nnc2ccccn12. The molecule has 3 heterocycles. The Morgan fingerprint density at radius 1 is 1.11 bits per heavy atom. The monoisotopic (exact) mass is 378 g/mol. The molecular formula is C19H18N6O3. The Morgan fingerprint density at radius 2 is 1.93 bits per heavy atom. The molecule has 0 fully saturated rings. The fourth-order valence-corrected chi connectivity index (χ4v) is 3.09. The molecule has 3 N–H and O–H groups in total. The first-order valence-corrected chi connectivity index (χ1v) is 8.88. The molecular weight excluding hydrogens is 360 g/mol.